The van der Waals surface area contributed by atoms with Crippen molar-refractivity contribution in [2.45, 2.75) is 19.4 Å². The normalized spacial score (nSPS) is 12.0. The van der Waals surface area contributed by atoms with E-state index >= 15 is 0 Å². The van der Waals surface area contributed by atoms with Gasteiger partial charge in [-0.05, 0) is 30.2 Å². The van der Waals surface area contributed by atoms with E-state index < -0.39 is 0 Å². The van der Waals surface area contributed by atoms with Crippen LogP contribution < -0.4 is 5.32 Å². The first-order chi connectivity index (χ1) is 12.0. The topological polar surface area (TPSA) is 46.9 Å². The summed E-state index contributed by atoms with van der Waals surface area (Å²) in [4.78, 5) is 12.4. The third-order valence-electron chi connectivity index (χ3n) is 3.97. The highest BCUT2D eigenvalue weighted by Gasteiger charge is 2.16. The standard InChI is InChI=1S/C19H17Cl2N3O/c1-13(19(25)22-10-14-5-3-2-4-6-14)15-7-8-18(17(21)9-15)24-12-16(20)11-23-24/h2-9,11-13H,10H2,1H3,(H,22,25). The van der Waals surface area contributed by atoms with Crippen LogP contribution in [0.15, 0.2) is 60.9 Å². The van der Waals surface area contributed by atoms with Gasteiger partial charge >= 0.3 is 0 Å². The van der Waals surface area contributed by atoms with Gasteiger partial charge in [0.1, 0.15) is 0 Å². The molecule has 0 aliphatic heterocycles. The molecule has 1 atom stereocenters. The first-order valence-corrected chi connectivity index (χ1v) is 8.62. The Balaban J connectivity index is 1.70. The van der Waals surface area contributed by atoms with Crippen LogP contribution in [0.2, 0.25) is 10.0 Å². The van der Waals surface area contributed by atoms with E-state index in [1.54, 1.807) is 23.1 Å². The molecule has 128 valence electrons. The van der Waals surface area contributed by atoms with Gasteiger partial charge in [-0.15, -0.1) is 0 Å². The molecule has 1 unspecified atom stereocenters. The summed E-state index contributed by atoms with van der Waals surface area (Å²) in [5, 5.41) is 8.14. The average Bonchev–Trinajstić information content (AvgIpc) is 3.06. The molecule has 2 aromatic carbocycles. The van der Waals surface area contributed by atoms with Gasteiger partial charge in [-0.1, -0.05) is 59.6 Å². The van der Waals surface area contributed by atoms with Crippen molar-refractivity contribution < 1.29 is 4.79 Å². The summed E-state index contributed by atoms with van der Waals surface area (Å²) in [6.07, 6.45) is 3.23. The second-order valence-electron chi connectivity index (χ2n) is 5.74. The van der Waals surface area contributed by atoms with Crippen LogP contribution in [-0.4, -0.2) is 15.7 Å². The molecular formula is C19H17Cl2N3O. The third kappa shape index (κ3) is 4.21. The zero-order valence-electron chi connectivity index (χ0n) is 13.6. The van der Waals surface area contributed by atoms with Crippen LogP contribution in [-0.2, 0) is 11.3 Å². The van der Waals surface area contributed by atoms with E-state index in [2.05, 4.69) is 10.4 Å². The van der Waals surface area contributed by atoms with E-state index in [-0.39, 0.29) is 11.8 Å². The third-order valence-corrected chi connectivity index (χ3v) is 4.47. The van der Waals surface area contributed by atoms with Crippen molar-refractivity contribution in [3.05, 3.63) is 82.1 Å². The van der Waals surface area contributed by atoms with Crippen molar-refractivity contribution in [2.75, 3.05) is 0 Å². The zero-order chi connectivity index (χ0) is 17.8. The van der Waals surface area contributed by atoms with Crippen molar-refractivity contribution in [1.29, 1.82) is 0 Å². The highest BCUT2D eigenvalue weighted by molar-refractivity contribution is 6.32. The Kier molecular flexibility index (Phi) is 5.41. The molecule has 1 heterocycles. The number of nitrogens with one attached hydrogen (secondary N) is 1. The molecule has 0 bridgehead atoms. The first kappa shape index (κ1) is 17.5. The van der Waals surface area contributed by atoms with E-state index in [0.29, 0.717) is 22.3 Å². The number of nitrogens with zero attached hydrogens (tertiary/aromatic N) is 2. The Hall–Kier alpha value is -2.30. The smallest absolute Gasteiger partial charge is 0.227 e. The summed E-state index contributed by atoms with van der Waals surface area (Å²) < 4.78 is 1.61. The molecule has 0 radical (unpaired) electrons. The van der Waals surface area contributed by atoms with Crippen LogP contribution in [0.3, 0.4) is 0 Å². The van der Waals surface area contributed by atoms with Crippen molar-refractivity contribution in [3.8, 4) is 5.69 Å². The molecule has 0 fully saturated rings. The number of benzene rings is 2. The summed E-state index contributed by atoms with van der Waals surface area (Å²) in [6.45, 7) is 2.36. The predicted molar refractivity (Wildman–Crippen MR) is 100 cm³/mol. The molecule has 0 saturated carbocycles. The van der Waals surface area contributed by atoms with E-state index in [0.717, 1.165) is 11.1 Å². The average molecular weight is 374 g/mol. The van der Waals surface area contributed by atoms with Crippen molar-refractivity contribution in [2.24, 2.45) is 0 Å². The van der Waals surface area contributed by atoms with Crippen LogP contribution in [0, 0.1) is 0 Å². The Morgan fingerprint density at radius 2 is 1.96 bits per heavy atom. The number of aromatic nitrogens is 2. The summed E-state index contributed by atoms with van der Waals surface area (Å²) >= 11 is 12.3. The Labute approximate surface area is 156 Å². The van der Waals surface area contributed by atoms with Gasteiger partial charge in [-0.2, -0.15) is 5.10 Å². The number of hydrogen-bond acceptors (Lipinski definition) is 2. The van der Waals surface area contributed by atoms with E-state index in [4.69, 9.17) is 23.2 Å². The van der Waals surface area contributed by atoms with Crippen molar-refractivity contribution >= 4 is 29.1 Å². The lowest BCUT2D eigenvalue weighted by Crippen LogP contribution is -2.27. The van der Waals surface area contributed by atoms with Crippen molar-refractivity contribution in [1.82, 2.24) is 15.1 Å². The first-order valence-electron chi connectivity index (χ1n) is 7.86. The summed E-state index contributed by atoms with van der Waals surface area (Å²) in [6, 6.07) is 15.3. The molecule has 1 aromatic heterocycles. The van der Waals surface area contributed by atoms with E-state index in [1.807, 2.05) is 49.4 Å². The van der Waals surface area contributed by atoms with E-state index in [1.165, 1.54) is 0 Å². The van der Waals surface area contributed by atoms with Crippen molar-refractivity contribution in [3.63, 3.8) is 0 Å². The van der Waals surface area contributed by atoms with Crippen LogP contribution in [0.4, 0.5) is 0 Å². The lowest BCUT2D eigenvalue weighted by molar-refractivity contribution is -0.122. The largest absolute Gasteiger partial charge is 0.352 e. The molecule has 0 aliphatic rings. The van der Waals surface area contributed by atoms with Gasteiger partial charge in [0.2, 0.25) is 5.91 Å². The molecule has 4 nitrogen and oxygen atoms in total. The molecule has 3 aromatic rings. The Morgan fingerprint density at radius 1 is 1.20 bits per heavy atom. The predicted octanol–water partition coefficient (Wildman–Crippen LogP) is 4.60. The van der Waals surface area contributed by atoms with Gasteiger partial charge in [-0.25, -0.2) is 4.68 Å². The minimum Gasteiger partial charge on any atom is -0.352 e. The SMILES string of the molecule is CC(C(=O)NCc1ccccc1)c1ccc(-n2cc(Cl)cn2)c(Cl)c1. The molecular weight excluding hydrogens is 357 g/mol. The number of amides is 1. The quantitative estimate of drug-likeness (QED) is 0.710. The molecule has 1 N–H and O–H groups in total. The maximum Gasteiger partial charge on any atom is 0.227 e. The van der Waals surface area contributed by atoms with Crippen LogP contribution in [0.5, 0.6) is 0 Å². The van der Waals surface area contributed by atoms with Crippen LogP contribution in [0.1, 0.15) is 24.0 Å². The fourth-order valence-corrected chi connectivity index (χ4v) is 2.91. The van der Waals surface area contributed by atoms with Gasteiger partial charge in [0.05, 0.1) is 27.8 Å². The van der Waals surface area contributed by atoms with E-state index in [9.17, 15) is 4.79 Å². The monoisotopic (exact) mass is 373 g/mol. The van der Waals surface area contributed by atoms with Crippen LogP contribution in [0.25, 0.3) is 5.69 Å². The van der Waals surface area contributed by atoms with Gasteiger partial charge < -0.3 is 5.32 Å². The number of hydrogen-bond donors (Lipinski definition) is 1. The molecule has 3 rings (SSSR count). The summed E-state index contributed by atoms with van der Waals surface area (Å²) in [5.74, 6) is -0.355. The maximum atomic E-state index is 12.4. The second kappa shape index (κ2) is 7.72. The molecule has 1 amide bonds. The van der Waals surface area contributed by atoms with Crippen LogP contribution >= 0.6 is 23.2 Å². The Bertz CT molecular complexity index is 877. The van der Waals surface area contributed by atoms with Gasteiger partial charge in [0.25, 0.3) is 0 Å². The fraction of sp³-hybridized carbons (Fsp3) is 0.158. The second-order valence-corrected chi connectivity index (χ2v) is 6.58. The maximum absolute atomic E-state index is 12.4. The highest BCUT2D eigenvalue weighted by Crippen LogP contribution is 2.26. The molecule has 0 saturated heterocycles. The van der Waals surface area contributed by atoms with Gasteiger partial charge in [0.15, 0.2) is 0 Å². The lowest BCUT2D eigenvalue weighted by Gasteiger charge is -2.14. The molecule has 6 heteroatoms. The minimum absolute atomic E-state index is 0.0465. The fourth-order valence-electron chi connectivity index (χ4n) is 2.50. The zero-order valence-corrected chi connectivity index (χ0v) is 15.1. The van der Waals surface area contributed by atoms with Gasteiger partial charge in [-0.3, -0.25) is 4.79 Å². The molecule has 0 spiro atoms. The number of halogens is 2. The number of carbonyl (C=O) groups is 1. The molecule has 25 heavy (non-hydrogen) atoms. The Morgan fingerprint density at radius 3 is 2.60 bits per heavy atom. The number of carbonyl (C=O) groups excluding carboxylic acids is 1. The van der Waals surface area contributed by atoms with Gasteiger partial charge in [0, 0.05) is 12.7 Å². The lowest BCUT2D eigenvalue weighted by atomic mass is 10.00. The highest BCUT2D eigenvalue weighted by atomic mass is 35.5. The molecule has 0 aliphatic carbocycles. The summed E-state index contributed by atoms with van der Waals surface area (Å²) in [5.41, 5.74) is 2.62. The minimum atomic E-state index is -0.309. The summed E-state index contributed by atoms with van der Waals surface area (Å²) in [7, 11) is 0. The number of rotatable bonds is 5.